The van der Waals surface area contributed by atoms with Gasteiger partial charge in [0, 0.05) is 49.6 Å². The highest BCUT2D eigenvalue weighted by Crippen LogP contribution is 2.34. The van der Waals surface area contributed by atoms with Gasteiger partial charge in [-0.15, -0.1) is 0 Å². The molecule has 1 aromatic carbocycles. The molecule has 0 radical (unpaired) electrons. The largest absolute Gasteiger partial charge is 0.387 e. The number of nitriles is 1. The summed E-state index contributed by atoms with van der Waals surface area (Å²) >= 11 is 1.81. The second-order valence-corrected chi connectivity index (χ2v) is 8.26. The molecule has 0 bridgehead atoms. The Bertz CT molecular complexity index is 912. The summed E-state index contributed by atoms with van der Waals surface area (Å²) in [5.74, 6) is 0.560. The number of aliphatic imine (C=N–C) groups is 1. The first-order valence-electron chi connectivity index (χ1n) is 9.54. The van der Waals surface area contributed by atoms with Gasteiger partial charge in [0.1, 0.15) is 11.9 Å². The molecule has 1 fully saturated rings. The van der Waals surface area contributed by atoms with Crippen LogP contribution >= 0.6 is 11.9 Å². The minimum Gasteiger partial charge on any atom is -0.387 e. The number of halogens is 1. The number of fused-ring (bicyclic) bond motifs is 1. The minimum absolute atomic E-state index is 0.0762. The van der Waals surface area contributed by atoms with Crippen LogP contribution in [0.3, 0.4) is 0 Å². The second-order valence-electron chi connectivity index (χ2n) is 7.38. The summed E-state index contributed by atoms with van der Waals surface area (Å²) in [5, 5.41) is 12.8. The lowest BCUT2D eigenvalue weighted by molar-refractivity contribution is 0.487. The molecule has 144 valence electrons. The average molecular weight is 395 g/mol. The Hall–Kier alpha value is -2.36. The number of hydrogen-bond donors (Lipinski definition) is 1. The fourth-order valence-corrected chi connectivity index (χ4v) is 4.66. The lowest BCUT2D eigenvalue weighted by atomic mass is 9.81. The Morgan fingerprint density at radius 2 is 2.32 bits per heavy atom. The zero-order valence-corrected chi connectivity index (χ0v) is 16.6. The third kappa shape index (κ3) is 3.91. The molecule has 1 aromatic rings. The maximum atomic E-state index is 13.7. The molecule has 6 heteroatoms. The van der Waals surface area contributed by atoms with Crippen molar-refractivity contribution >= 4 is 23.7 Å². The van der Waals surface area contributed by atoms with Gasteiger partial charge in [-0.2, -0.15) is 5.26 Å². The van der Waals surface area contributed by atoms with E-state index < -0.39 is 5.82 Å². The van der Waals surface area contributed by atoms with E-state index in [1.807, 2.05) is 30.4 Å². The van der Waals surface area contributed by atoms with E-state index in [4.69, 9.17) is 5.26 Å². The van der Waals surface area contributed by atoms with Crippen molar-refractivity contribution < 1.29 is 4.39 Å². The van der Waals surface area contributed by atoms with Crippen LogP contribution in [0.1, 0.15) is 17.5 Å². The molecule has 0 spiro atoms. The van der Waals surface area contributed by atoms with Gasteiger partial charge >= 0.3 is 0 Å². The Kier molecular flexibility index (Phi) is 5.65. The third-order valence-electron chi connectivity index (χ3n) is 5.62. The quantitative estimate of drug-likeness (QED) is 0.767. The number of benzene rings is 1. The van der Waals surface area contributed by atoms with Crippen LogP contribution in [0.15, 0.2) is 53.3 Å². The lowest BCUT2D eigenvalue weighted by Crippen LogP contribution is -2.32. The average Bonchev–Trinajstić information content (AvgIpc) is 3.20. The van der Waals surface area contributed by atoms with E-state index >= 15 is 0 Å². The molecule has 4 rings (SSSR count). The zero-order chi connectivity index (χ0) is 19.5. The topological polar surface area (TPSA) is 51.4 Å². The Morgan fingerprint density at radius 3 is 3.11 bits per heavy atom. The predicted molar refractivity (Wildman–Crippen MR) is 113 cm³/mol. The molecule has 4 nitrogen and oxygen atoms in total. The van der Waals surface area contributed by atoms with Crippen molar-refractivity contribution in [3.05, 3.63) is 65.3 Å². The van der Waals surface area contributed by atoms with Gasteiger partial charge in [0.25, 0.3) is 0 Å². The number of rotatable bonds is 5. The van der Waals surface area contributed by atoms with Crippen LogP contribution in [0.25, 0.3) is 5.57 Å². The van der Waals surface area contributed by atoms with Gasteiger partial charge in [0.15, 0.2) is 0 Å². The molecule has 3 aliphatic rings. The fourth-order valence-electron chi connectivity index (χ4n) is 4.01. The van der Waals surface area contributed by atoms with Crippen molar-refractivity contribution in [1.82, 2.24) is 9.62 Å². The maximum Gasteiger partial charge on any atom is 0.140 e. The van der Waals surface area contributed by atoms with Crippen molar-refractivity contribution in [3.63, 3.8) is 0 Å². The van der Waals surface area contributed by atoms with E-state index in [1.54, 1.807) is 12.1 Å². The predicted octanol–water partition coefficient (Wildman–Crippen LogP) is 4.00. The van der Waals surface area contributed by atoms with Crippen molar-refractivity contribution in [1.29, 1.82) is 5.26 Å². The number of nitrogens with one attached hydrogen (secondary N) is 1. The normalized spacial score (nSPS) is 26.4. The van der Waals surface area contributed by atoms with Crippen molar-refractivity contribution in [2.75, 3.05) is 25.9 Å². The van der Waals surface area contributed by atoms with E-state index in [2.05, 4.69) is 39.1 Å². The van der Waals surface area contributed by atoms with E-state index in [0.29, 0.717) is 5.92 Å². The van der Waals surface area contributed by atoms with Gasteiger partial charge < -0.3 is 5.32 Å². The van der Waals surface area contributed by atoms with Crippen LogP contribution in [-0.2, 0) is 0 Å². The molecule has 1 N–H and O–H groups in total. The van der Waals surface area contributed by atoms with Crippen LogP contribution in [0.5, 0.6) is 0 Å². The highest BCUT2D eigenvalue weighted by molar-refractivity contribution is 7.96. The van der Waals surface area contributed by atoms with Gasteiger partial charge in [-0.05, 0) is 47.9 Å². The molecule has 28 heavy (non-hydrogen) atoms. The highest BCUT2D eigenvalue weighted by Gasteiger charge is 2.28. The number of nitrogens with zero attached hydrogens (tertiary/aromatic N) is 3. The van der Waals surface area contributed by atoms with Gasteiger partial charge in [0.2, 0.25) is 0 Å². The van der Waals surface area contributed by atoms with Crippen LogP contribution < -0.4 is 5.32 Å². The van der Waals surface area contributed by atoms with E-state index in [-0.39, 0.29) is 17.4 Å². The van der Waals surface area contributed by atoms with Gasteiger partial charge in [-0.1, -0.05) is 30.2 Å². The van der Waals surface area contributed by atoms with Crippen molar-refractivity contribution in [2.45, 2.75) is 6.42 Å². The highest BCUT2D eigenvalue weighted by atomic mass is 32.2. The van der Waals surface area contributed by atoms with Gasteiger partial charge in [-0.25, -0.2) is 4.39 Å². The first-order valence-corrected chi connectivity index (χ1v) is 10.7. The summed E-state index contributed by atoms with van der Waals surface area (Å²) in [4.78, 5) is 4.33. The summed E-state index contributed by atoms with van der Waals surface area (Å²) in [5.41, 5.74) is 3.09. The summed E-state index contributed by atoms with van der Waals surface area (Å²) in [6.07, 6.45) is 13.6. The second kappa shape index (κ2) is 8.34. The summed E-state index contributed by atoms with van der Waals surface area (Å²) in [6.45, 7) is 3.18. The van der Waals surface area contributed by atoms with Crippen molar-refractivity contribution in [2.24, 2.45) is 22.7 Å². The summed E-state index contributed by atoms with van der Waals surface area (Å²) in [6, 6.07) is 6.67. The lowest BCUT2D eigenvalue weighted by Gasteiger charge is -2.30. The monoisotopic (exact) mass is 394 g/mol. The van der Waals surface area contributed by atoms with Crippen LogP contribution in [-0.4, -0.2) is 36.4 Å². The van der Waals surface area contributed by atoms with Gasteiger partial charge in [0.05, 0.1) is 5.56 Å². The fraction of sp³-hybridized carbons (Fsp3) is 0.364. The molecule has 3 unspecified atom stereocenters. The molecule has 0 saturated carbocycles. The van der Waals surface area contributed by atoms with Gasteiger partial charge in [-0.3, -0.25) is 9.30 Å². The molecular formula is C22H23FN4S. The molecule has 0 aromatic heterocycles. The Balaban J connectivity index is 1.57. The number of allylic oxidation sites excluding steroid dienone is 5. The minimum atomic E-state index is -0.479. The van der Waals surface area contributed by atoms with Crippen LogP contribution in [0, 0.1) is 34.9 Å². The maximum absolute atomic E-state index is 13.7. The summed E-state index contributed by atoms with van der Waals surface area (Å²) < 4.78 is 16.1. The first-order chi connectivity index (χ1) is 13.7. The Morgan fingerprint density at radius 1 is 1.43 bits per heavy atom. The van der Waals surface area contributed by atoms with E-state index in [0.717, 1.165) is 36.5 Å². The first kappa shape index (κ1) is 19.0. The third-order valence-corrected chi connectivity index (χ3v) is 6.47. The van der Waals surface area contributed by atoms with E-state index in [1.165, 1.54) is 12.5 Å². The molecule has 2 heterocycles. The molecule has 2 aliphatic heterocycles. The SMILES string of the molecule is CSN1CCC(CNC2=CC(c3ccc(F)c(C#N)c3)=CC3C=CN=CC23)C1. The molecule has 1 aliphatic carbocycles. The molecule has 3 atom stereocenters. The summed E-state index contributed by atoms with van der Waals surface area (Å²) in [7, 11) is 0. The smallest absolute Gasteiger partial charge is 0.140 e. The standard InChI is InChI=1S/C22H23FN4S/c1-28-27-7-5-15(14-27)12-26-22-10-18(9-17-4-6-25-13-20(17)22)16-2-3-21(23)19(8-16)11-24/h2-4,6,8-10,13,15,17,20,26H,5,7,12,14H2,1H3. The molecular weight excluding hydrogens is 371 g/mol. The zero-order valence-electron chi connectivity index (χ0n) is 15.8. The van der Waals surface area contributed by atoms with Crippen LogP contribution in [0.4, 0.5) is 4.39 Å². The number of hydrogen-bond acceptors (Lipinski definition) is 5. The molecule has 0 amide bonds. The Labute approximate surface area is 169 Å². The van der Waals surface area contributed by atoms with E-state index in [9.17, 15) is 4.39 Å². The van der Waals surface area contributed by atoms with Crippen LogP contribution in [0.2, 0.25) is 0 Å². The molecule has 1 saturated heterocycles. The van der Waals surface area contributed by atoms with Crippen molar-refractivity contribution in [3.8, 4) is 6.07 Å².